The van der Waals surface area contributed by atoms with Gasteiger partial charge in [0.05, 0.1) is 9.80 Å². The Balaban J connectivity index is 2.15. The minimum atomic E-state index is -3.56. The summed E-state index contributed by atoms with van der Waals surface area (Å²) in [4.78, 5) is 0.899. The summed E-state index contributed by atoms with van der Waals surface area (Å²) < 4.78 is 27.2. The SMILES string of the molecule is CCCCC1=C(C2CCCCC2)NC=CC(C)=C1S(=O)(=O)c1ccccc1. The lowest BCUT2D eigenvalue weighted by molar-refractivity contribution is 0.390. The summed E-state index contributed by atoms with van der Waals surface area (Å²) in [6.45, 7) is 4.08. The monoisotopic (exact) mass is 385 g/mol. The first-order chi connectivity index (χ1) is 13.1. The largest absolute Gasteiger partial charge is 0.364 e. The molecule has 1 heterocycles. The van der Waals surface area contributed by atoms with Crippen LogP contribution >= 0.6 is 0 Å². The predicted octanol–water partition coefficient (Wildman–Crippen LogP) is 5.88. The second kappa shape index (κ2) is 8.92. The molecule has 1 aliphatic heterocycles. The molecule has 0 aromatic heterocycles. The minimum Gasteiger partial charge on any atom is -0.364 e. The van der Waals surface area contributed by atoms with E-state index in [4.69, 9.17) is 0 Å². The summed E-state index contributed by atoms with van der Waals surface area (Å²) >= 11 is 0. The zero-order chi connectivity index (χ0) is 19.3. The molecule has 27 heavy (non-hydrogen) atoms. The van der Waals surface area contributed by atoms with E-state index in [0.29, 0.717) is 15.7 Å². The molecule has 0 spiro atoms. The third-order valence-corrected chi connectivity index (χ3v) is 7.64. The number of rotatable bonds is 6. The van der Waals surface area contributed by atoms with Crippen LogP contribution in [0.25, 0.3) is 0 Å². The van der Waals surface area contributed by atoms with Crippen LogP contribution in [-0.2, 0) is 9.84 Å². The van der Waals surface area contributed by atoms with Crippen molar-refractivity contribution in [3.8, 4) is 0 Å². The van der Waals surface area contributed by atoms with Gasteiger partial charge in [-0.25, -0.2) is 8.42 Å². The van der Waals surface area contributed by atoms with Crippen LogP contribution in [-0.4, -0.2) is 8.42 Å². The van der Waals surface area contributed by atoms with Gasteiger partial charge in [0.1, 0.15) is 0 Å². The van der Waals surface area contributed by atoms with Gasteiger partial charge in [-0.1, -0.05) is 50.8 Å². The highest BCUT2D eigenvalue weighted by atomic mass is 32.2. The Morgan fingerprint density at radius 2 is 1.78 bits per heavy atom. The predicted molar refractivity (Wildman–Crippen MR) is 112 cm³/mol. The number of sulfone groups is 1. The van der Waals surface area contributed by atoms with E-state index in [1.54, 1.807) is 24.3 Å². The third-order valence-electron chi connectivity index (χ3n) is 5.65. The molecule has 0 saturated heterocycles. The van der Waals surface area contributed by atoms with Gasteiger partial charge in [0, 0.05) is 11.9 Å². The van der Waals surface area contributed by atoms with Crippen LogP contribution in [0.2, 0.25) is 0 Å². The highest BCUT2D eigenvalue weighted by Crippen LogP contribution is 2.39. The highest BCUT2D eigenvalue weighted by Gasteiger charge is 2.31. The molecule has 0 atom stereocenters. The van der Waals surface area contributed by atoms with E-state index in [1.165, 1.54) is 19.3 Å². The Labute approximate surface area is 164 Å². The second-order valence-electron chi connectivity index (χ2n) is 7.64. The van der Waals surface area contributed by atoms with Gasteiger partial charge in [0.15, 0.2) is 0 Å². The maximum absolute atomic E-state index is 13.6. The highest BCUT2D eigenvalue weighted by molar-refractivity contribution is 7.95. The normalized spacial score (nSPS) is 19.2. The van der Waals surface area contributed by atoms with Gasteiger partial charge in [-0.05, 0) is 67.9 Å². The number of hydrogen-bond acceptors (Lipinski definition) is 3. The van der Waals surface area contributed by atoms with Crippen molar-refractivity contribution >= 4 is 9.84 Å². The average Bonchev–Trinajstić information content (AvgIpc) is 2.86. The number of benzene rings is 1. The molecule has 3 rings (SSSR count). The van der Waals surface area contributed by atoms with Crippen LogP contribution in [0.1, 0.15) is 65.2 Å². The first-order valence-electron chi connectivity index (χ1n) is 10.2. The quantitative estimate of drug-likeness (QED) is 0.665. The Morgan fingerprint density at radius 3 is 2.44 bits per heavy atom. The zero-order valence-electron chi connectivity index (χ0n) is 16.5. The molecule has 3 nitrogen and oxygen atoms in total. The Hall–Kier alpha value is -1.81. The standard InChI is InChI=1S/C23H31NO2S/c1-3-4-15-21-22(19-11-7-5-8-12-19)24-17-16-18(2)23(21)27(25,26)20-13-9-6-10-14-20/h6,9-10,13-14,16-17,19,24H,3-5,7-8,11-12,15H2,1-2H3. The topological polar surface area (TPSA) is 46.2 Å². The molecular formula is C23H31NO2S. The molecule has 1 aromatic carbocycles. The van der Waals surface area contributed by atoms with Gasteiger partial charge in [-0.2, -0.15) is 0 Å². The van der Waals surface area contributed by atoms with Gasteiger partial charge in [-0.3, -0.25) is 0 Å². The Morgan fingerprint density at radius 1 is 1.07 bits per heavy atom. The molecular weight excluding hydrogens is 354 g/mol. The number of nitrogens with one attached hydrogen (secondary N) is 1. The van der Waals surface area contributed by atoms with Crippen molar-refractivity contribution < 1.29 is 8.42 Å². The first kappa shape index (κ1) is 19.9. The van der Waals surface area contributed by atoms with Crippen molar-refractivity contribution in [1.82, 2.24) is 5.32 Å². The van der Waals surface area contributed by atoms with E-state index in [-0.39, 0.29) is 0 Å². The maximum atomic E-state index is 13.6. The van der Waals surface area contributed by atoms with E-state index in [1.807, 2.05) is 25.3 Å². The van der Waals surface area contributed by atoms with Gasteiger partial charge in [0.25, 0.3) is 0 Å². The fraction of sp³-hybridized carbons (Fsp3) is 0.478. The van der Waals surface area contributed by atoms with Crippen molar-refractivity contribution in [3.63, 3.8) is 0 Å². The first-order valence-corrected chi connectivity index (χ1v) is 11.7. The van der Waals surface area contributed by atoms with Crippen molar-refractivity contribution in [2.75, 3.05) is 0 Å². The molecule has 1 saturated carbocycles. The van der Waals surface area contributed by atoms with E-state index in [2.05, 4.69) is 12.2 Å². The van der Waals surface area contributed by atoms with Crippen molar-refractivity contribution in [1.29, 1.82) is 0 Å². The molecule has 0 bridgehead atoms. The van der Waals surface area contributed by atoms with Crippen LogP contribution in [0.3, 0.4) is 0 Å². The molecule has 146 valence electrons. The van der Waals surface area contributed by atoms with Crippen molar-refractivity contribution in [3.05, 3.63) is 64.4 Å². The van der Waals surface area contributed by atoms with E-state index in [9.17, 15) is 8.42 Å². The number of allylic oxidation sites excluding steroid dienone is 4. The zero-order valence-corrected chi connectivity index (χ0v) is 17.3. The summed E-state index contributed by atoms with van der Waals surface area (Å²) in [6, 6.07) is 8.86. The molecule has 0 unspecified atom stereocenters. The van der Waals surface area contributed by atoms with E-state index in [0.717, 1.165) is 48.9 Å². The lowest BCUT2D eigenvalue weighted by Gasteiger charge is -2.28. The Kier molecular flexibility index (Phi) is 6.59. The van der Waals surface area contributed by atoms with Crippen LogP contribution in [0.5, 0.6) is 0 Å². The van der Waals surface area contributed by atoms with Crippen LogP contribution in [0, 0.1) is 5.92 Å². The summed E-state index contributed by atoms with van der Waals surface area (Å²) in [6.07, 6.45) is 12.7. The summed E-state index contributed by atoms with van der Waals surface area (Å²) in [7, 11) is -3.56. The summed E-state index contributed by atoms with van der Waals surface area (Å²) in [5.74, 6) is 0.433. The fourth-order valence-electron chi connectivity index (χ4n) is 4.23. The number of hydrogen-bond donors (Lipinski definition) is 1. The third kappa shape index (κ3) is 4.37. The minimum absolute atomic E-state index is 0.381. The Bertz CT molecular complexity index is 842. The smallest absolute Gasteiger partial charge is 0.207 e. The maximum Gasteiger partial charge on any atom is 0.207 e. The average molecular weight is 386 g/mol. The van der Waals surface area contributed by atoms with Gasteiger partial charge >= 0.3 is 0 Å². The van der Waals surface area contributed by atoms with Crippen LogP contribution in [0.4, 0.5) is 0 Å². The van der Waals surface area contributed by atoms with Crippen LogP contribution < -0.4 is 5.32 Å². The van der Waals surface area contributed by atoms with Crippen molar-refractivity contribution in [2.24, 2.45) is 5.92 Å². The van der Waals surface area contributed by atoms with E-state index >= 15 is 0 Å². The molecule has 1 aromatic rings. The number of unbranched alkanes of at least 4 members (excludes halogenated alkanes) is 1. The molecule has 1 aliphatic carbocycles. The molecule has 4 heteroatoms. The molecule has 2 aliphatic rings. The van der Waals surface area contributed by atoms with Crippen LogP contribution in [0.15, 0.2) is 69.3 Å². The molecule has 0 radical (unpaired) electrons. The molecule has 0 amide bonds. The lowest BCUT2D eigenvalue weighted by Crippen LogP contribution is -2.22. The van der Waals surface area contributed by atoms with Gasteiger partial charge in [-0.15, -0.1) is 0 Å². The lowest BCUT2D eigenvalue weighted by atomic mass is 9.84. The second-order valence-corrected chi connectivity index (χ2v) is 9.52. The van der Waals surface area contributed by atoms with E-state index < -0.39 is 9.84 Å². The van der Waals surface area contributed by atoms with Gasteiger partial charge < -0.3 is 5.32 Å². The molecule has 1 N–H and O–H groups in total. The fourth-order valence-corrected chi connectivity index (χ4v) is 6.01. The summed E-state index contributed by atoms with van der Waals surface area (Å²) in [5.41, 5.74) is 2.98. The molecule has 1 fully saturated rings. The summed E-state index contributed by atoms with van der Waals surface area (Å²) in [5, 5.41) is 3.49. The van der Waals surface area contributed by atoms with Gasteiger partial charge in [0.2, 0.25) is 9.84 Å². The van der Waals surface area contributed by atoms with Crippen molar-refractivity contribution in [2.45, 2.75) is 70.1 Å².